The van der Waals surface area contributed by atoms with Gasteiger partial charge >= 0.3 is 0 Å². The molecule has 80 valence electrons. The van der Waals surface area contributed by atoms with Gasteiger partial charge in [-0.15, -0.1) is 0 Å². The second-order valence-corrected chi connectivity index (χ2v) is 4.09. The second kappa shape index (κ2) is 4.36. The van der Waals surface area contributed by atoms with Crippen LogP contribution in [0.2, 0.25) is 0 Å². The molecule has 0 aromatic heterocycles. The quantitative estimate of drug-likeness (QED) is 0.676. The van der Waals surface area contributed by atoms with E-state index in [9.17, 15) is 0 Å². The lowest BCUT2D eigenvalue weighted by atomic mass is 9.95. The summed E-state index contributed by atoms with van der Waals surface area (Å²) < 4.78 is 0. The van der Waals surface area contributed by atoms with E-state index >= 15 is 0 Å². The fourth-order valence-corrected chi connectivity index (χ4v) is 2.02. The Kier molecular flexibility index (Phi) is 2.91. The molecule has 0 amide bonds. The highest BCUT2D eigenvalue weighted by Crippen LogP contribution is 2.26. The topological polar surface area (TPSA) is 0 Å². The maximum absolute atomic E-state index is 3.86. The maximum Gasteiger partial charge on any atom is -0.0149 e. The summed E-state index contributed by atoms with van der Waals surface area (Å²) in [5.41, 5.74) is 6.37. The largest absolute Gasteiger partial charge is 0.0985 e. The minimum atomic E-state index is 1.21. The van der Waals surface area contributed by atoms with Crippen molar-refractivity contribution in [2.45, 2.75) is 13.8 Å². The normalized spacial score (nSPS) is 10.1. The SMILES string of the molecule is C=Cc1cc(-c2ccccc2)c(C)cc1C. The van der Waals surface area contributed by atoms with Crippen molar-refractivity contribution in [1.29, 1.82) is 0 Å². The van der Waals surface area contributed by atoms with Gasteiger partial charge in [0.05, 0.1) is 0 Å². The minimum absolute atomic E-state index is 1.21. The van der Waals surface area contributed by atoms with E-state index in [0.717, 1.165) is 0 Å². The molecule has 0 saturated carbocycles. The van der Waals surface area contributed by atoms with Crippen molar-refractivity contribution in [2.75, 3.05) is 0 Å². The Morgan fingerprint density at radius 1 is 0.938 bits per heavy atom. The van der Waals surface area contributed by atoms with Gasteiger partial charge in [-0.1, -0.05) is 49.1 Å². The standard InChI is InChI=1S/C16H16/c1-4-14-11-16(13(3)10-12(14)2)15-8-6-5-7-9-15/h4-11H,1H2,2-3H3. The van der Waals surface area contributed by atoms with Gasteiger partial charge in [0, 0.05) is 0 Å². The number of hydrogen-bond acceptors (Lipinski definition) is 0. The molecule has 0 aliphatic rings. The average molecular weight is 208 g/mol. The zero-order valence-electron chi connectivity index (χ0n) is 9.83. The number of rotatable bonds is 2. The molecule has 0 saturated heterocycles. The molecule has 0 unspecified atom stereocenters. The van der Waals surface area contributed by atoms with E-state index in [-0.39, 0.29) is 0 Å². The third-order valence-corrected chi connectivity index (χ3v) is 2.92. The number of benzene rings is 2. The predicted molar refractivity (Wildman–Crippen MR) is 71.4 cm³/mol. The molecule has 0 N–H and O–H groups in total. The summed E-state index contributed by atoms with van der Waals surface area (Å²) in [6, 6.07) is 14.9. The summed E-state index contributed by atoms with van der Waals surface area (Å²) in [6.07, 6.45) is 1.92. The van der Waals surface area contributed by atoms with Crippen LogP contribution in [0.3, 0.4) is 0 Å². The van der Waals surface area contributed by atoms with Crippen molar-refractivity contribution in [1.82, 2.24) is 0 Å². The maximum atomic E-state index is 3.86. The van der Waals surface area contributed by atoms with Crippen molar-refractivity contribution in [3.63, 3.8) is 0 Å². The second-order valence-electron chi connectivity index (χ2n) is 4.09. The molecule has 0 heteroatoms. The third kappa shape index (κ3) is 1.92. The summed E-state index contributed by atoms with van der Waals surface area (Å²) >= 11 is 0. The molecule has 0 aliphatic heterocycles. The van der Waals surface area contributed by atoms with Gasteiger partial charge in [-0.3, -0.25) is 0 Å². The molecule has 0 atom stereocenters. The van der Waals surface area contributed by atoms with Crippen LogP contribution in [0, 0.1) is 13.8 Å². The van der Waals surface area contributed by atoms with Gasteiger partial charge in [-0.05, 0) is 47.7 Å². The van der Waals surface area contributed by atoms with E-state index in [4.69, 9.17) is 0 Å². The average Bonchev–Trinajstić information content (AvgIpc) is 2.30. The summed E-state index contributed by atoms with van der Waals surface area (Å²) in [5.74, 6) is 0. The van der Waals surface area contributed by atoms with Crippen molar-refractivity contribution in [3.05, 3.63) is 65.7 Å². The summed E-state index contributed by atoms with van der Waals surface area (Å²) in [5, 5.41) is 0. The van der Waals surface area contributed by atoms with Crippen LogP contribution in [0.15, 0.2) is 49.0 Å². The molecule has 0 aliphatic carbocycles. The zero-order chi connectivity index (χ0) is 11.5. The Bertz CT molecular complexity index is 507. The third-order valence-electron chi connectivity index (χ3n) is 2.92. The van der Waals surface area contributed by atoms with Crippen molar-refractivity contribution < 1.29 is 0 Å². The molecular weight excluding hydrogens is 192 g/mol. The van der Waals surface area contributed by atoms with E-state index in [1.165, 1.54) is 27.8 Å². The van der Waals surface area contributed by atoms with Gasteiger partial charge in [-0.25, -0.2) is 0 Å². The minimum Gasteiger partial charge on any atom is -0.0985 e. The fourth-order valence-electron chi connectivity index (χ4n) is 2.02. The van der Waals surface area contributed by atoms with Crippen LogP contribution in [-0.4, -0.2) is 0 Å². The number of aryl methyl sites for hydroxylation is 2. The van der Waals surface area contributed by atoms with Crippen LogP contribution in [-0.2, 0) is 0 Å². The Hall–Kier alpha value is -1.82. The van der Waals surface area contributed by atoms with Crippen LogP contribution in [0.25, 0.3) is 17.2 Å². The zero-order valence-corrected chi connectivity index (χ0v) is 9.83. The van der Waals surface area contributed by atoms with Gasteiger partial charge in [0.1, 0.15) is 0 Å². The molecule has 2 aromatic carbocycles. The van der Waals surface area contributed by atoms with E-state index in [2.05, 4.69) is 56.8 Å². The van der Waals surface area contributed by atoms with Crippen molar-refractivity contribution in [2.24, 2.45) is 0 Å². The van der Waals surface area contributed by atoms with Crippen molar-refractivity contribution >= 4 is 6.08 Å². The molecule has 2 aromatic rings. The molecule has 0 bridgehead atoms. The molecule has 0 fully saturated rings. The molecule has 2 rings (SSSR count). The molecule has 0 nitrogen and oxygen atoms in total. The molecular formula is C16H16. The van der Waals surface area contributed by atoms with Crippen LogP contribution < -0.4 is 0 Å². The molecule has 0 radical (unpaired) electrons. The Morgan fingerprint density at radius 3 is 2.25 bits per heavy atom. The van der Waals surface area contributed by atoms with E-state index in [1.54, 1.807) is 0 Å². The number of hydrogen-bond donors (Lipinski definition) is 0. The first-order valence-electron chi connectivity index (χ1n) is 5.51. The van der Waals surface area contributed by atoms with Crippen LogP contribution in [0.4, 0.5) is 0 Å². The molecule has 0 heterocycles. The lowest BCUT2D eigenvalue weighted by Gasteiger charge is -2.10. The first kappa shape index (κ1) is 10.7. The Balaban J connectivity index is 2.62. The summed E-state index contributed by atoms with van der Waals surface area (Å²) in [4.78, 5) is 0. The van der Waals surface area contributed by atoms with Crippen LogP contribution >= 0.6 is 0 Å². The van der Waals surface area contributed by atoms with E-state index in [0.29, 0.717) is 0 Å². The Morgan fingerprint density at radius 2 is 1.62 bits per heavy atom. The van der Waals surface area contributed by atoms with Gasteiger partial charge in [-0.2, -0.15) is 0 Å². The monoisotopic (exact) mass is 208 g/mol. The highest BCUT2D eigenvalue weighted by atomic mass is 14.1. The predicted octanol–water partition coefficient (Wildman–Crippen LogP) is 4.61. The van der Waals surface area contributed by atoms with Gasteiger partial charge in [0.15, 0.2) is 0 Å². The van der Waals surface area contributed by atoms with Crippen LogP contribution in [0.1, 0.15) is 16.7 Å². The summed E-state index contributed by atoms with van der Waals surface area (Å²) in [6.45, 7) is 8.13. The van der Waals surface area contributed by atoms with Crippen molar-refractivity contribution in [3.8, 4) is 11.1 Å². The highest BCUT2D eigenvalue weighted by molar-refractivity contribution is 5.71. The Labute approximate surface area is 97.3 Å². The first-order valence-corrected chi connectivity index (χ1v) is 5.51. The van der Waals surface area contributed by atoms with Gasteiger partial charge in [0.25, 0.3) is 0 Å². The van der Waals surface area contributed by atoms with Crippen LogP contribution in [0.5, 0.6) is 0 Å². The van der Waals surface area contributed by atoms with E-state index in [1.807, 2.05) is 12.1 Å². The first-order chi connectivity index (χ1) is 7.72. The van der Waals surface area contributed by atoms with E-state index < -0.39 is 0 Å². The lowest BCUT2D eigenvalue weighted by molar-refractivity contribution is 1.36. The lowest BCUT2D eigenvalue weighted by Crippen LogP contribution is -1.88. The summed E-state index contributed by atoms with van der Waals surface area (Å²) in [7, 11) is 0. The fraction of sp³-hybridized carbons (Fsp3) is 0.125. The molecule has 0 spiro atoms. The highest BCUT2D eigenvalue weighted by Gasteiger charge is 2.04. The van der Waals surface area contributed by atoms with Gasteiger partial charge in [0.2, 0.25) is 0 Å². The smallest absolute Gasteiger partial charge is 0.0149 e. The molecule has 16 heavy (non-hydrogen) atoms. The van der Waals surface area contributed by atoms with Gasteiger partial charge < -0.3 is 0 Å².